The molecule has 22 heavy (non-hydrogen) atoms. The second kappa shape index (κ2) is 8.29. The number of nitrogens with zero attached hydrogens (tertiary/aromatic N) is 1. The molecule has 124 valence electrons. The highest BCUT2D eigenvalue weighted by Crippen LogP contribution is 2.24. The molecule has 0 spiro atoms. The van der Waals surface area contributed by atoms with Gasteiger partial charge in [0, 0.05) is 24.0 Å². The SMILES string of the molecule is Cc1nc(C)c(C(C)NC/C=C/CNC(=O)OC(C)(C)C)s1. The molecule has 0 bridgehead atoms. The van der Waals surface area contributed by atoms with Gasteiger partial charge in [0.15, 0.2) is 0 Å². The van der Waals surface area contributed by atoms with E-state index in [9.17, 15) is 4.79 Å². The number of ether oxygens (including phenoxy) is 1. The summed E-state index contributed by atoms with van der Waals surface area (Å²) in [6.45, 7) is 12.9. The number of rotatable bonds is 6. The van der Waals surface area contributed by atoms with Crippen molar-refractivity contribution in [3.05, 3.63) is 27.7 Å². The summed E-state index contributed by atoms with van der Waals surface area (Å²) >= 11 is 1.73. The third kappa shape index (κ3) is 7.04. The fraction of sp³-hybridized carbons (Fsp3) is 0.625. The van der Waals surface area contributed by atoms with E-state index in [1.165, 1.54) is 4.88 Å². The Balaban J connectivity index is 2.24. The van der Waals surface area contributed by atoms with Crippen molar-refractivity contribution in [2.45, 2.75) is 53.2 Å². The van der Waals surface area contributed by atoms with Crippen LogP contribution in [0.3, 0.4) is 0 Å². The highest BCUT2D eigenvalue weighted by molar-refractivity contribution is 7.11. The van der Waals surface area contributed by atoms with Gasteiger partial charge in [0.05, 0.1) is 10.7 Å². The van der Waals surface area contributed by atoms with Gasteiger partial charge in [-0.05, 0) is 41.5 Å². The van der Waals surface area contributed by atoms with Gasteiger partial charge in [0.25, 0.3) is 0 Å². The minimum Gasteiger partial charge on any atom is -0.444 e. The average molecular weight is 325 g/mol. The summed E-state index contributed by atoms with van der Waals surface area (Å²) in [5.74, 6) is 0. The van der Waals surface area contributed by atoms with Gasteiger partial charge in [0.2, 0.25) is 0 Å². The molecule has 0 aliphatic carbocycles. The van der Waals surface area contributed by atoms with Crippen molar-refractivity contribution >= 4 is 17.4 Å². The molecule has 0 aliphatic heterocycles. The van der Waals surface area contributed by atoms with E-state index in [-0.39, 0.29) is 6.04 Å². The van der Waals surface area contributed by atoms with E-state index in [1.54, 1.807) is 11.3 Å². The van der Waals surface area contributed by atoms with Crippen LogP contribution in [0.2, 0.25) is 0 Å². The molecule has 0 aliphatic rings. The molecule has 0 saturated heterocycles. The predicted molar refractivity (Wildman–Crippen MR) is 91.4 cm³/mol. The Morgan fingerprint density at radius 3 is 2.50 bits per heavy atom. The standard InChI is InChI=1S/C16H27N3O2S/c1-11(14-12(2)19-13(3)22-14)17-9-7-8-10-18-15(20)21-16(4,5)6/h7-8,11,17H,9-10H2,1-6H3,(H,18,20)/b8-7+. The molecule has 0 fully saturated rings. The van der Waals surface area contributed by atoms with Crippen molar-refractivity contribution in [2.75, 3.05) is 13.1 Å². The van der Waals surface area contributed by atoms with Crippen molar-refractivity contribution in [1.82, 2.24) is 15.6 Å². The van der Waals surface area contributed by atoms with E-state index < -0.39 is 11.7 Å². The Labute approximate surface area is 137 Å². The van der Waals surface area contributed by atoms with E-state index in [4.69, 9.17) is 4.74 Å². The molecule has 1 amide bonds. The van der Waals surface area contributed by atoms with Crippen molar-refractivity contribution in [2.24, 2.45) is 0 Å². The molecule has 0 radical (unpaired) electrons. The summed E-state index contributed by atoms with van der Waals surface area (Å²) in [6.07, 6.45) is 3.51. The molecule has 1 aromatic rings. The number of alkyl carbamates (subject to hydrolysis) is 1. The van der Waals surface area contributed by atoms with Crippen LogP contribution in [0.1, 0.15) is 49.3 Å². The molecule has 5 nitrogen and oxygen atoms in total. The van der Waals surface area contributed by atoms with E-state index >= 15 is 0 Å². The van der Waals surface area contributed by atoms with Crippen LogP contribution in [0.25, 0.3) is 0 Å². The summed E-state index contributed by atoms with van der Waals surface area (Å²) in [7, 11) is 0. The number of nitrogens with one attached hydrogen (secondary N) is 2. The van der Waals surface area contributed by atoms with Gasteiger partial charge in [-0.2, -0.15) is 0 Å². The topological polar surface area (TPSA) is 63.2 Å². The maximum atomic E-state index is 11.4. The van der Waals surface area contributed by atoms with Crippen LogP contribution < -0.4 is 10.6 Å². The predicted octanol–water partition coefficient (Wildman–Crippen LogP) is 3.49. The van der Waals surface area contributed by atoms with Crippen molar-refractivity contribution in [1.29, 1.82) is 0 Å². The first-order chi connectivity index (χ1) is 10.2. The van der Waals surface area contributed by atoms with Crippen LogP contribution in [0.15, 0.2) is 12.2 Å². The maximum absolute atomic E-state index is 11.4. The minimum absolute atomic E-state index is 0.273. The molecule has 0 aromatic carbocycles. The number of amides is 1. The lowest BCUT2D eigenvalue weighted by atomic mass is 10.2. The lowest BCUT2D eigenvalue weighted by molar-refractivity contribution is 0.0534. The smallest absolute Gasteiger partial charge is 0.407 e. The summed E-state index contributed by atoms with van der Waals surface area (Å²) in [5.41, 5.74) is 0.633. The van der Waals surface area contributed by atoms with Crippen LogP contribution in [0.5, 0.6) is 0 Å². The summed E-state index contributed by atoms with van der Waals surface area (Å²) < 4.78 is 5.15. The average Bonchev–Trinajstić information content (AvgIpc) is 2.70. The largest absolute Gasteiger partial charge is 0.444 e. The maximum Gasteiger partial charge on any atom is 0.407 e. The molecular weight excluding hydrogens is 298 g/mol. The van der Waals surface area contributed by atoms with Crippen molar-refractivity contribution < 1.29 is 9.53 Å². The second-order valence-corrected chi connectivity index (χ2v) is 7.40. The Hall–Kier alpha value is -1.40. The number of aryl methyl sites for hydroxylation is 2. The van der Waals surface area contributed by atoms with Crippen LogP contribution in [0, 0.1) is 13.8 Å². The Morgan fingerprint density at radius 1 is 1.32 bits per heavy atom. The van der Waals surface area contributed by atoms with Gasteiger partial charge in [-0.15, -0.1) is 11.3 Å². The second-order valence-electron chi connectivity index (χ2n) is 6.17. The van der Waals surface area contributed by atoms with Gasteiger partial charge in [0.1, 0.15) is 5.60 Å². The highest BCUT2D eigenvalue weighted by atomic mass is 32.1. The number of carbonyl (C=O) groups excluding carboxylic acids is 1. The first kappa shape index (κ1) is 18.6. The number of hydrogen-bond acceptors (Lipinski definition) is 5. The Bertz CT molecular complexity index is 518. The molecule has 2 N–H and O–H groups in total. The monoisotopic (exact) mass is 325 g/mol. The molecule has 0 saturated carbocycles. The van der Waals surface area contributed by atoms with Crippen molar-refractivity contribution in [3.8, 4) is 0 Å². The summed E-state index contributed by atoms with van der Waals surface area (Å²) in [5, 5.41) is 7.20. The highest BCUT2D eigenvalue weighted by Gasteiger charge is 2.15. The molecular formula is C16H27N3O2S. The van der Waals surface area contributed by atoms with Gasteiger partial charge in [-0.25, -0.2) is 9.78 Å². The zero-order valence-electron chi connectivity index (χ0n) is 14.3. The van der Waals surface area contributed by atoms with Crippen LogP contribution in [-0.2, 0) is 4.74 Å². The molecule has 1 aromatic heterocycles. The van der Waals surface area contributed by atoms with Gasteiger partial charge in [-0.3, -0.25) is 0 Å². The fourth-order valence-electron chi connectivity index (χ4n) is 1.91. The number of carbonyl (C=O) groups is 1. The van der Waals surface area contributed by atoms with Crippen LogP contribution >= 0.6 is 11.3 Å². The van der Waals surface area contributed by atoms with Crippen LogP contribution in [-0.4, -0.2) is 29.8 Å². The fourth-order valence-corrected chi connectivity index (χ4v) is 2.86. The van der Waals surface area contributed by atoms with E-state index in [0.29, 0.717) is 6.54 Å². The normalized spacial score (nSPS) is 13.4. The quantitative estimate of drug-likeness (QED) is 0.786. The van der Waals surface area contributed by atoms with Gasteiger partial charge in [-0.1, -0.05) is 12.2 Å². The summed E-state index contributed by atoms with van der Waals surface area (Å²) in [6, 6.07) is 0.273. The van der Waals surface area contributed by atoms with E-state index in [0.717, 1.165) is 17.2 Å². The molecule has 6 heteroatoms. The zero-order valence-corrected chi connectivity index (χ0v) is 15.1. The first-order valence-corrected chi connectivity index (χ1v) is 8.30. The zero-order chi connectivity index (χ0) is 16.8. The van der Waals surface area contributed by atoms with Gasteiger partial charge < -0.3 is 15.4 Å². The molecule has 1 unspecified atom stereocenters. The van der Waals surface area contributed by atoms with E-state index in [2.05, 4.69) is 22.5 Å². The van der Waals surface area contributed by atoms with Crippen molar-refractivity contribution in [3.63, 3.8) is 0 Å². The third-order valence-electron chi connectivity index (χ3n) is 2.80. The number of aromatic nitrogens is 1. The minimum atomic E-state index is -0.463. The lowest BCUT2D eigenvalue weighted by Gasteiger charge is -2.19. The Morgan fingerprint density at radius 2 is 1.95 bits per heavy atom. The Kier molecular flexibility index (Phi) is 7.03. The number of thiazole rings is 1. The van der Waals surface area contributed by atoms with Gasteiger partial charge >= 0.3 is 6.09 Å². The molecule has 1 rings (SSSR count). The molecule has 1 atom stereocenters. The van der Waals surface area contributed by atoms with Crippen LogP contribution in [0.4, 0.5) is 4.79 Å². The lowest BCUT2D eigenvalue weighted by Crippen LogP contribution is -2.32. The first-order valence-electron chi connectivity index (χ1n) is 7.48. The number of hydrogen-bond donors (Lipinski definition) is 2. The van der Waals surface area contributed by atoms with E-state index in [1.807, 2.05) is 46.8 Å². The summed E-state index contributed by atoms with van der Waals surface area (Å²) in [4.78, 5) is 17.1. The third-order valence-corrected chi connectivity index (χ3v) is 4.06. The molecule has 1 heterocycles.